The zero-order valence-electron chi connectivity index (χ0n) is 14.5. The first-order valence-corrected chi connectivity index (χ1v) is 10.1. The Morgan fingerprint density at radius 2 is 1.91 bits per heavy atom. The summed E-state index contributed by atoms with van der Waals surface area (Å²) in [6, 6.07) is -0.0192. The second kappa shape index (κ2) is 8.84. The summed E-state index contributed by atoms with van der Waals surface area (Å²) >= 11 is 0. The molecule has 6 nitrogen and oxygen atoms in total. The van der Waals surface area contributed by atoms with E-state index >= 15 is 0 Å². The van der Waals surface area contributed by atoms with Crippen LogP contribution in [0.3, 0.4) is 0 Å². The first kappa shape index (κ1) is 21.0. The lowest BCUT2D eigenvalue weighted by atomic mass is 9.98. The van der Waals surface area contributed by atoms with E-state index in [4.69, 9.17) is 0 Å². The second-order valence-corrected chi connectivity index (χ2v) is 9.26. The van der Waals surface area contributed by atoms with Gasteiger partial charge in [0.1, 0.15) is 0 Å². The van der Waals surface area contributed by atoms with Crippen LogP contribution in [-0.2, 0) is 9.84 Å². The molecule has 0 saturated carbocycles. The van der Waals surface area contributed by atoms with Crippen molar-refractivity contribution in [2.24, 2.45) is 4.99 Å². The number of nitrogens with one attached hydrogen (secondary N) is 2. The average Bonchev–Trinajstić information content (AvgIpc) is 2.83. The summed E-state index contributed by atoms with van der Waals surface area (Å²) < 4.78 is 23.1. The first-order chi connectivity index (χ1) is 10.3. The molecule has 0 aliphatic carbocycles. The summed E-state index contributed by atoms with van der Waals surface area (Å²) in [5.41, 5.74) is 0.0692. The highest BCUT2D eigenvalue weighted by atomic mass is 127. The van der Waals surface area contributed by atoms with Gasteiger partial charge in [-0.25, -0.2) is 8.42 Å². The Hall–Kier alpha value is -0.0900. The standard InChI is InChI=1S/C15H30N4O2S.HI/c1-15(2,19-8-5-4-6-9-19)12-17-14(16-3)18-13-7-10-22(20,21)11-13;/h13H,4-12H2,1-3H3,(H2,16,17,18);1H. The highest BCUT2D eigenvalue weighted by Crippen LogP contribution is 2.19. The number of halogens is 1. The lowest BCUT2D eigenvalue weighted by Gasteiger charge is -2.41. The van der Waals surface area contributed by atoms with Crippen LogP contribution in [0, 0.1) is 0 Å². The van der Waals surface area contributed by atoms with Gasteiger partial charge in [-0.05, 0) is 46.2 Å². The molecule has 0 radical (unpaired) electrons. The lowest BCUT2D eigenvalue weighted by molar-refractivity contribution is 0.0982. The maximum absolute atomic E-state index is 11.5. The molecule has 2 fully saturated rings. The van der Waals surface area contributed by atoms with Crippen molar-refractivity contribution in [1.29, 1.82) is 0 Å². The molecule has 2 N–H and O–H groups in total. The van der Waals surface area contributed by atoms with E-state index in [2.05, 4.69) is 34.4 Å². The molecule has 2 heterocycles. The molecule has 0 aromatic carbocycles. The van der Waals surface area contributed by atoms with Crippen LogP contribution in [0.1, 0.15) is 39.5 Å². The molecule has 0 aromatic rings. The van der Waals surface area contributed by atoms with E-state index in [0.717, 1.165) is 19.6 Å². The summed E-state index contributed by atoms with van der Waals surface area (Å²) in [6.45, 7) is 7.60. The van der Waals surface area contributed by atoms with Crippen LogP contribution in [-0.4, -0.2) is 69.0 Å². The third-order valence-electron chi connectivity index (χ3n) is 4.70. The van der Waals surface area contributed by atoms with Gasteiger partial charge in [0.15, 0.2) is 15.8 Å². The molecule has 2 aliphatic heterocycles. The van der Waals surface area contributed by atoms with E-state index in [9.17, 15) is 8.42 Å². The van der Waals surface area contributed by atoms with Gasteiger partial charge in [0.25, 0.3) is 0 Å². The van der Waals surface area contributed by atoms with Crippen LogP contribution in [0.2, 0.25) is 0 Å². The van der Waals surface area contributed by atoms with Crippen molar-refractivity contribution in [3.8, 4) is 0 Å². The monoisotopic (exact) mass is 458 g/mol. The molecule has 8 heteroatoms. The van der Waals surface area contributed by atoms with Gasteiger partial charge in [0.2, 0.25) is 0 Å². The quantitative estimate of drug-likeness (QED) is 0.377. The molecule has 136 valence electrons. The summed E-state index contributed by atoms with van der Waals surface area (Å²) in [6.07, 6.45) is 4.55. The number of guanidine groups is 1. The maximum Gasteiger partial charge on any atom is 0.191 e. The largest absolute Gasteiger partial charge is 0.355 e. The van der Waals surface area contributed by atoms with Crippen molar-refractivity contribution in [3.05, 3.63) is 0 Å². The van der Waals surface area contributed by atoms with Gasteiger partial charge in [-0.15, -0.1) is 24.0 Å². The predicted octanol–water partition coefficient (Wildman–Crippen LogP) is 1.22. The molecule has 2 rings (SSSR count). The number of rotatable bonds is 4. The van der Waals surface area contributed by atoms with E-state index < -0.39 is 9.84 Å². The number of piperidine rings is 1. The van der Waals surface area contributed by atoms with Gasteiger partial charge in [-0.1, -0.05) is 6.42 Å². The van der Waals surface area contributed by atoms with Crippen LogP contribution in [0.4, 0.5) is 0 Å². The number of hydrogen-bond donors (Lipinski definition) is 2. The second-order valence-electron chi connectivity index (χ2n) is 7.03. The molecular formula is C15H31IN4O2S. The topological polar surface area (TPSA) is 73.8 Å². The Kier molecular flexibility index (Phi) is 8.06. The molecular weight excluding hydrogens is 427 g/mol. The number of nitrogens with zero attached hydrogens (tertiary/aromatic N) is 2. The SMILES string of the molecule is CN=C(NCC(C)(C)N1CCCCC1)NC1CCS(=O)(=O)C1.I. The molecule has 1 atom stereocenters. The van der Waals surface area contributed by atoms with E-state index in [0.29, 0.717) is 12.4 Å². The fourth-order valence-corrected chi connectivity index (χ4v) is 4.88. The molecule has 2 aliphatic rings. The van der Waals surface area contributed by atoms with Gasteiger partial charge >= 0.3 is 0 Å². The molecule has 1 unspecified atom stereocenters. The van der Waals surface area contributed by atoms with E-state index in [1.807, 2.05) is 0 Å². The Balaban J connectivity index is 0.00000264. The minimum atomic E-state index is -2.86. The summed E-state index contributed by atoms with van der Waals surface area (Å²) in [5.74, 6) is 1.19. The molecule has 0 bridgehead atoms. The third kappa shape index (κ3) is 6.38. The summed E-state index contributed by atoms with van der Waals surface area (Å²) in [4.78, 5) is 6.75. The normalized spacial score (nSPS) is 25.7. The van der Waals surface area contributed by atoms with Gasteiger partial charge in [0.05, 0.1) is 11.5 Å². The Morgan fingerprint density at radius 3 is 2.43 bits per heavy atom. The van der Waals surface area contributed by atoms with E-state index in [1.165, 1.54) is 19.3 Å². The molecule has 0 aromatic heterocycles. The minimum Gasteiger partial charge on any atom is -0.355 e. The minimum absolute atomic E-state index is 0. The van der Waals surface area contributed by atoms with Gasteiger partial charge in [0, 0.05) is 25.2 Å². The van der Waals surface area contributed by atoms with Gasteiger partial charge < -0.3 is 10.6 Å². The van der Waals surface area contributed by atoms with Crippen molar-refractivity contribution >= 4 is 39.8 Å². The first-order valence-electron chi connectivity index (χ1n) is 8.25. The summed E-state index contributed by atoms with van der Waals surface area (Å²) in [7, 11) is -1.13. The highest BCUT2D eigenvalue weighted by Gasteiger charge is 2.30. The zero-order valence-corrected chi connectivity index (χ0v) is 17.6. The van der Waals surface area contributed by atoms with Crippen LogP contribution < -0.4 is 10.6 Å². The van der Waals surface area contributed by atoms with Crippen LogP contribution in [0.25, 0.3) is 0 Å². The molecule has 0 amide bonds. The van der Waals surface area contributed by atoms with Crippen molar-refractivity contribution < 1.29 is 8.42 Å². The smallest absolute Gasteiger partial charge is 0.191 e. The fourth-order valence-electron chi connectivity index (χ4n) is 3.21. The number of aliphatic imine (C=N–C) groups is 1. The van der Waals surface area contributed by atoms with Gasteiger partial charge in [-0.3, -0.25) is 9.89 Å². The Bertz CT molecular complexity index is 502. The van der Waals surface area contributed by atoms with Gasteiger partial charge in [-0.2, -0.15) is 0 Å². The van der Waals surface area contributed by atoms with Crippen LogP contribution in [0.5, 0.6) is 0 Å². The number of likely N-dealkylation sites (tertiary alicyclic amines) is 1. The predicted molar refractivity (Wildman–Crippen MR) is 106 cm³/mol. The van der Waals surface area contributed by atoms with E-state index in [1.54, 1.807) is 7.05 Å². The van der Waals surface area contributed by atoms with Crippen molar-refractivity contribution in [3.63, 3.8) is 0 Å². The fraction of sp³-hybridized carbons (Fsp3) is 0.933. The van der Waals surface area contributed by atoms with Crippen LogP contribution >= 0.6 is 24.0 Å². The number of hydrogen-bond acceptors (Lipinski definition) is 4. The van der Waals surface area contributed by atoms with Crippen molar-refractivity contribution in [1.82, 2.24) is 15.5 Å². The average molecular weight is 458 g/mol. The lowest BCUT2D eigenvalue weighted by Crippen LogP contribution is -2.55. The Morgan fingerprint density at radius 1 is 1.26 bits per heavy atom. The number of sulfone groups is 1. The molecule has 23 heavy (non-hydrogen) atoms. The van der Waals surface area contributed by atoms with Crippen LogP contribution in [0.15, 0.2) is 4.99 Å². The highest BCUT2D eigenvalue weighted by molar-refractivity contribution is 14.0. The third-order valence-corrected chi connectivity index (χ3v) is 6.47. The Labute approximate surface area is 157 Å². The molecule has 2 saturated heterocycles. The summed E-state index contributed by atoms with van der Waals surface area (Å²) in [5, 5.41) is 6.60. The van der Waals surface area contributed by atoms with E-state index in [-0.39, 0.29) is 47.1 Å². The van der Waals surface area contributed by atoms with Crippen molar-refractivity contribution in [2.45, 2.75) is 51.1 Å². The zero-order chi connectivity index (χ0) is 16.2. The molecule has 0 spiro atoms. The maximum atomic E-state index is 11.5. The van der Waals surface area contributed by atoms with Crippen molar-refractivity contribution in [2.75, 3.05) is 38.2 Å².